The minimum Gasteiger partial charge on any atom is -0.483 e. The van der Waals surface area contributed by atoms with Crippen LogP contribution in [0.25, 0.3) is 0 Å². The molecule has 0 aliphatic carbocycles. The van der Waals surface area contributed by atoms with Gasteiger partial charge in [0.15, 0.2) is 6.61 Å². The van der Waals surface area contributed by atoms with Crippen LogP contribution in [0.5, 0.6) is 5.75 Å². The summed E-state index contributed by atoms with van der Waals surface area (Å²) >= 11 is 0. The van der Waals surface area contributed by atoms with Crippen molar-refractivity contribution in [3.63, 3.8) is 0 Å². The van der Waals surface area contributed by atoms with Crippen LogP contribution in [0, 0.1) is 0 Å². The minimum atomic E-state index is -1.09. The number of ether oxygens (including phenoxy) is 2. The normalized spacial score (nSPS) is 9.83. The van der Waals surface area contributed by atoms with Crippen molar-refractivity contribution in [2.45, 2.75) is 0 Å². The molecule has 0 saturated heterocycles. The van der Waals surface area contributed by atoms with E-state index in [9.17, 15) is 9.59 Å². The lowest BCUT2D eigenvalue weighted by atomic mass is 10.2. The van der Waals surface area contributed by atoms with Crippen LogP contribution in [-0.2, 0) is 9.53 Å². The van der Waals surface area contributed by atoms with Crippen molar-refractivity contribution < 1.29 is 24.2 Å². The van der Waals surface area contributed by atoms with Crippen molar-refractivity contribution in [1.82, 2.24) is 5.32 Å². The Morgan fingerprint density at radius 3 is 2.72 bits per heavy atom. The fourth-order valence-corrected chi connectivity index (χ4v) is 1.26. The molecule has 0 bridgehead atoms. The van der Waals surface area contributed by atoms with Gasteiger partial charge in [0.05, 0.1) is 6.61 Å². The van der Waals surface area contributed by atoms with E-state index in [1.54, 1.807) is 12.1 Å². The molecule has 0 aromatic heterocycles. The Kier molecular flexibility index (Phi) is 5.66. The molecule has 98 valence electrons. The van der Waals surface area contributed by atoms with E-state index in [1.165, 1.54) is 19.2 Å². The Bertz CT molecular complexity index is 419. The Morgan fingerprint density at radius 2 is 2.06 bits per heavy atom. The van der Waals surface area contributed by atoms with Crippen LogP contribution in [-0.4, -0.2) is 43.9 Å². The Balaban J connectivity index is 2.48. The third kappa shape index (κ3) is 4.42. The van der Waals surface area contributed by atoms with Crippen LogP contribution in [0.15, 0.2) is 24.3 Å². The van der Waals surface area contributed by atoms with Crippen molar-refractivity contribution in [2.24, 2.45) is 0 Å². The highest BCUT2D eigenvalue weighted by Crippen LogP contribution is 2.17. The molecule has 0 fully saturated rings. The average molecular weight is 253 g/mol. The molecule has 1 aromatic rings. The number of carboxylic acid groups (broad SMARTS) is 1. The summed E-state index contributed by atoms with van der Waals surface area (Å²) in [5, 5.41) is 11.5. The van der Waals surface area contributed by atoms with E-state index in [4.69, 9.17) is 14.6 Å². The van der Waals surface area contributed by atoms with Gasteiger partial charge in [-0.2, -0.15) is 0 Å². The van der Waals surface area contributed by atoms with Gasteiger partial charge in [-0.05, 0) is 12.1 Å². The standard InChI is InChI=1S/C12H15NO5/c1-17-7-6-13-11(14)8-18-10-5-3-2-4-9(10)12(15)16/h2-5H,6-8H2,1H3,(H,13,14)(H,15,16). The van der Waals surface area contributed by atoms with E-state index < -0.39 is 5.97 Å². The number of methoxy groups -OCH3 is 1. The van der Waals surface area contributed by atoms with Gasteiger partial charge in [-0.3, -0.25) is 4.79 Å². The molecule has 0 saturated carbocycles. The molecule has 2 N–H and O–H groups in total. The zero-order chi connectivity index (χ0) is 13.4. The molecule has 0 radical (unpaired) electrons. The summed E-state index contributed by atoms with van der Waals surface area (Å²) in [6, 6.07) is 6.16. The number of carbonyl (C=O) groups excluding carboxylic acids is 1. The summed E-state index contributed by atoms with van der Waals surface area (Å²) in [7, 11) is 1.53. The average Bonchev–Trinajstić information content (AvgIpc) is 2.37. The first-order chi connectivity index (χ1) is 8.65. The van der Waals surface area contributed by atoms with Gasteiger partial charge in [0.2, 0.25) is 0 Å². The summed E-state index contributed by atoms with van der Waals surface area (Å²) in [6.07, 6.45) is 0. The lowest BCUT2D eigenvalue weighted by Crippen LogP contribution is -2.31. The zero-order valence-corrected chi connectivity index (χ0v) is 10.0. The first kappa shape index (κ1) is 14.0. The summed E-state index contributed by atoms with van der Waals surface area (Å²) < 4.78 is 9.93. The summed E-state index contributed by atoms with van der Waals surface area (Å²) in [6.45, 7) is 0.574. The molecule has 0 aliphatic rings. The van der Waals surface area contributed by atoms with Gasteiger partial charge < -0.3 is 19.9 Å². The molecule has 0 atom stereocenters. The second-order valence-corrected chi connectivity index (χ2v) is 3.43. The lowest BCUT2D eigenvalue weighted by molar-refractivity contribution is -0.123. The van der Waals surface area contributed by atoms with Gasteiger partial charge >= 0.3 is 5.97 Å². The Morgan fingerprint density at radius 1 is 1.33 bits per heavy atom. The van der Waals surface area contributed by atoms with Gasteiger partial charge in [-0.15, -0.1) is 0 Å². The molecule has 1 amide bonds. The van der Waals surface area contributed by atoms with Crippen LogP contribution in [0.3, 0.4) is 0 Å². The van der Waals surface area contributed by atoms with Gasteiger partial charge in [-0.1, -0.05) is 12.1 Å². The first-order valence-electron chi connectivity index (χ1n) is 5.36. The number of amides is 1. The zero-order valence-electron chi connectivity index (χ0n) is 10.0. The van der Waals surface area contributed by atoms with Crippen molar-refractivity contribution in [3.8, 4) is 5.75 Å². The summed E-state index contributed by atoms with van der Waals surface area (Å²) in [4.78, 5) is 22.2. The predicted molar refractivity (Wildman–Crippen MR) is 63.8 cm³/mol. The van der Waals surface area contributed by atoms with Gasteiger partial charge in [0.1, 0.15) is 11.3 Å². The van der Waals surface area contributed by atoms with E-state index in [2.05, 4.69) is 5.32 Å². The highest BCUT2D eigenvalue weighted by molar-refractivity contribution is 5.91. The fraction of sp³-hybridized carbons (Fsp3) is 0.333. The highest BCUT2D eigenvalue weighted by atomic mass is 16.5. The molecule has 1 rings (SSSR count). The topological polar surface area (TPSA) is 84.9 Å². The number of rotatable bonds is 7. The number of benzene rings is 1. The maximum Gasteiger partial charge on any atom is 0.339 e. The van der Waals surface area contributed by atoms with E-state index in [0.29, 0.717) is 13.2 Å². The number of carboxylic acids is 1. The number of para-hydroxylation sites is 1. The molecule has 6 heteroatoms. The molecule has 0 spiro atoms. The minimum absolute atomic E-state index is 0.0298. The third-order valence-electron chi connectivity index (χ3n) is 2.10. The predicted octanol–water partition coefficient (Wildman–Crippen LogP) is 0.526. The quantitative estimate of drug-likeness (QED) is 0.692. The number of nitrogens with one attached hydrogen (secondary N) is 1. The van der Waals surface area contributed by atoms with Gasteiger partial charge in [-0.25, -0.2) is 4.79 Å². The monoisotopic (exact) mass is 253 g/mol. The molecular formula is C12H15NO5. The number of carbonyl (C=O) groups is 2. The van der Waals surface area contributed by atoms with Crippen LogP contribution >= 0.6 is 0 Å². The molecule has 0 unspecified atom stereocenters. The molecule has 0 heterocycles. The molecule has 6 nitrogen and oxygen atoms in total. The van der Waals surface area contributed by atoms with Crippen LogP contribution in [0.1, 0.15) is 10.4 Å². The Labute approximate surface area is 105 Å². The van der Waals surface area contributed by atoms with E-state index in [1.807, 2.05) is 0 Å². The smallest absolute Gasteiger partial charge is 0.339 e. The van der Waals surface area contributed by atoms with Gasteiger partial charge in [0, 0.05) is 13.7 Å². The number of aromatic carboxylic acids is 1. The fourth-order valence-electron chi connectivity index (χ4n) is 1.26. The van der Waals surface area contributed by atoms with E-state index in [0.717, 1.165) is 0 Å². The van der Waals surface area contributed by atoms with E-state index in [-0.39, 0.29) is 23.8 Å². The Hall–Kier alpha value is -2.08. The molecular weight excluding hydrogens is 238 g/mol. The maximum absolute atomic E-state index is 11.3. The van der Waals surface area contributed by atoms with Crippen LogP contribution < -0.4 is 10.1 Å². The summed E-state index contributed by atoms with van der Waals surface area (Å²) in [5.74, 6) is -1.25. The van der Waals surface area contributed by atoms with Crippen LogP contribution in [0.2, 0.25) is 0 Å². The van der Waals surface area contributed by atoms with Gasteiger partial charge in [0.25, 0.3) is 5.91 Å². The molecule has 18 heavy (non-hydrogen) atoms. The second-order valence-electron chi connectivity index (χ2n) is 3.43. The summed E-state index contributed by atoms with van der Waals surface area (Å²) in [5.41, 5.74) is 0.0298. The SMILES string of the molecule is COCCNC(=O)COc1ccccc1C(=O)O. The molecule has 1 aromatic carbocycles. The first-order valence-corrected chi connectivity index (χ1v) is 5.36. The number of hydrogen-bond donors (Lipinski definition) is 2. The number of hydrogen-bond acceptors (Lipinski definition) is 4. The van der Waals surface area contributed by atoms with E-state index >= 15 is 0 Å². The maximum atomic E-state index is 11.3. The lowest BCUT2D eigenvalue weighted by Gasteiger charge is -2.09. The second kappa shape index (κ2) is 7.29. The van der Waals surface area contributed by atoms with Crippen molar-refractivity contribution in [3.05, 3.63) is 29.8 Å². The van der Waals surface area contributed by atoms with Crippen molar-refractivity contribution in [2.75, 3.05) is 26.9 Å². The highest BCUT2D eigenvalue weighted by Gasteiger charge is 2.11. The van der Waals surface area contributed by atoms with Crippen molar-refractivity contribution >= 4 is 11.9 Å². The van der Waals surface area contributed by atoms with Crippen molar-refractivity contribution in [1.29, 1.82) is 0 Å². The largest absolute Gasteiger partial charge is 0.483 e. The third-order valence-corrected chi connectivity index (χ3v) is 2.10. The molecule has 0 aliphatic heterocycles. The van der Waals surface area contributed by atoms with Crippen LogP contribution in [0.4, 0.5) is 0 Å².